The van der Waals surface area contributed by atoms with Crippen LogP contribution in [0.25, 0.3) is 0 Å². The van der Waals surface area contributed by atoms with Gasteiger partial charge in [0.25, 0.3) is 0 Å². The Morgan fingerprint density at radius 2 is 1.81 bits per heavy atom. The lowest BCUT2D eigenvalue weighted by atomic mass is 9.80. The highest BCUT2D eigenvalue weighted by atomic mass is 16.5. The highest BCUT2D eigenvalue weighted by Gasteiger charge is 2.23. The summed E-state index contributed by atoms with van der Waals surface area (Å²) in [6.45, 7) is 8.83. The monoisotopic (exact) mass is 229 g/mol. The Bertz CT molecular complexity index is 192. The summed E-state index contributed by atoms with van der Waals surface area (Å²) in [6, 6.07) is 0. The van der Waals surface area contributed by atoms with E-state index >= 15 is 0 Å². The van der Waals surface area contributed by atoms with Crippen molar-refractivity contribution in [3.05, 3.63) is 0 Å². The van der Waals surface area contributed by atoms with Crippen LogP contribution >= 0.6 is 0 Å². The minimum Gasteiger partial charge on any atom is -0.383 e. The maximum Gasteiger partial charge on any atom is 0.188 e. The number of aliphatic imine (C=N–C) groups is 1. The van der Waals surface area contributed by atoms with Gasteiger partial charge in [0.2, 0.25) is 0 Å². The average molecular weight is 229 g/mol. The molecule has 16 heavy (non-hydrogen) atoms. The summed E-state index contributed by atoms with van der Waals surface area (Å²) in [4.78, 5) is 4.41. The van der Waals surface area contributed by atoms with E-state index in [0.29, 0.717) is 24.5 Å². The van der Waals surface area contributed by atoms with Crippen molar-refractivity contribution in [1.82, 2.24) is 5.32 Å². The van der Waals surface area contributed by atoms with Crippen LogP contribution in [0.2, 0.25) is 0 Å². The van der Waals surface area contributed by atoms with E-state index in [1.165, 1.54) is 0 Å². The first-order valence-corrected chi connectivity index (χ1v) is 6.16. The molecule has 4 nitrogen and oxygen atoms in total. The standard InChI is InChI=1S/C12H27N3O/c1-5-12(6-2,7-3)10-15-11(13)14-8-9-16-4/h5-10H2,1-4H3,(H3,13,14,15). The fourth-order valence-corrected chi connectivity index (χ4v) is 1.68. The number of hydrogen-bond donors (Lipinski definition) is 2. The molecule has 0 unspecified atom stereocenters. The van der Waals surface area contributed by atoms with Crippen LogP contribution in [0.3, 0.4) is 0 Å². The van der Waals surface area contributed by atoms with Crippen LogP contribution in [-0.4, -0.2) is 32.8 Å². The van der Waals surface area contributed by atoms with Gasteiger partial charge in [0.1, 0.15) is 0 Å². The number of hydrogen-bond acceptors (Lipinski definition) is 2. The lowest BCUT2D eigenvalue weighted by Crippen LogP contribution is -2.35. The molecule has 96 valence electrons. The van der Waals surface area contributed by atoms with Crippen molar-refractivity contribution in [2.24, 2.45) is 16.1 Å². The second kappa shape index (κ2) is 8.39. The van der Waals surface area contributed by atoms with Crippen LogP contribution in [0.15, 0.2) is 4.99 Å². The molecule has 0 aromatic carbocycles. The molecule has 0 saturated carbocycles. The van der Waals surface area contributed by atoms with Crippen molar-refractivity contribution >= 4 is 5.96 Å². The van der Waals surface area contributed by atoms with Crippen LogP contribution in [-0.2, 0) is 4.74 Å². The van der Waals surface area contributed by atoms with Crippen LogP contribution in [0.5, 0.6) is 0 Å². The molecule has 0 aliphatic carbocycles. The zero-order valence-corrected chi connectivity index (χ0v) is 11.2. The first-order chi connectivity index (χ1) is 7.64. The molecule has 4 heteroatoms. The number of nitrogens with zero attached hydrogens (tertiary/aromatic N) is 1. The Labute approximate surface area is 99.7 Å². The molecule has 0 rings (SSSR count). The minimum atomic E-state index is 0.313. The summed E-state index contributed by atoms with van der Waals surface area (Å²) in [5.41, 5.74) is 6.08. The lowest BCUT2D eigenvalue weighted by Gasteiger charge is -2.28. The minimum absolute atomic E-state index is 0.313. The molecule has 0 aromatic rings. The maximum atomic E-state index is 5.77. The molecule has 0 radical (unpaired) electrons. The third-order valence-corrected chi connectivity index (χ3v) is 3.45. The zero-order valence-electron chi connectivity index (χ0n) is 11.2. The van der Waals surface area contributed by atoms with Gasteiger partial charge in [-0.05, 0) is 24.7 Å². The van der Waals surface area contributed by atoms with Gasteiger partial charge in [0.05, 0.1) is 6.61 Å². The number of rotatable bonds is 8. The van der Waals surface area contributed by atoms with Gasteiger partial charge in [-0.15, -0.1) is 0 Å². The normalized spacial score (nSPS) is 12.9. The molecule has 0 aromatic heterocycles. The van der Waals surface area contributed by atoms with Crippen LogP contribution < -0.4 is 11.1 Å². The van der Waals surface area contributed by atoms with Crippen molar-refractivity contribution < 1.29 is 4.74 Å². The Balaban J connectivity index is 4.10. The van der Waals surface area contributed by atoms with Crippen LogP contribution in [0, 0.1) is 5.41 Å². The zero-order chi connectivity index (χ0) is 12.4. The van der Waals surface area contributed by atoms with Gasteiger partial charge < -0.3 is 15.8 Å². The van der Waals surface area contributed by atoms with Crippen LogP contribution in [0.4, 0.5) is 0 Å². The summed E-state index contributed by atoms with van der Waals surface area (Å²) < 4.78 is 4.93. The molecule has 0 bridgehead atoms. The van der Waals surface area contributed by atoms with Gasteiger partial charge in [-0.25, -0.2) is 0 Å². The summed E-state index contributed by atoms with van der Waals surface area (Å²) in [5.74, 6) is 0.525. The van der Waals surface area contributed by atoms with Gasteiger partial charge in [0.15, 0.2) is 5.96 Å². The van der Waals surface area contributed by atoms with E-state index in [1.54, 1.807) is 7.11 Å². The summed E-state index contributed by atoms with van der Waals surface area (Å²) >= 11 is 0. The van der Waals surface area contributed by atoms with Gasteiger partial charge in [-0.2, -0.15) is 0 Å². The molecule has 0 amide bonds. The fourth-order valence-electron chi connectivity index (χ4n) is 1.68. The largest absolute Gasteiger partial charge is 0.383 e. The molecule has 0 aliphatic rings. The fraction of sp³-hybridized carbons (Fsp3) is 0.917. The third kappa shape index (κ3) is 5.35. The van der Waals surface area contributed by atoms with Crippen molar-refractivity contribution in [1.29, 1.82) is 0 Å². The Hall–Kier alpha value is -0.770. The smallest absolute Gasteiger partial charge is 0.188 e. The predicted molar refractivity (Wildman–Crippen MR) is 69.7 cm³/mol. The molecule has 3 N–H and O–H groups in total. The summed E-state index contributed by atoms with van der Waals surface area (Å²) in [7, 11) is 1.67. The van der Waals surface area contributed by atoms with Crippen molar-refractivity contribution in [3.63, 3.8) is 0 Å². The number of methoxy groups -OCH3 is 1. The Kier molecular flexibility index (Phi) is 7.99. The average Bonchev–Trinajstić information content (AvgIpc) is 2.32. The quantitative estimate of drug-likeness (QED) is 0.379. The van der Waals surface area contributed by atoms with Crippen molar-refractivity contribution in [2.45, 2.75) is 40.0 Å². The number of nitrogens with two attached hydrogens (primary N) is 1. The Morgan fingerprint density at radius 3 is 2.25 bits per heavy atom. The topological polar surface area (TPSA) is 59.6 Å². The van der Waals surface area contributed by atoms with Crippen molar-refractivity contribution in [3.8, 4) is 0 Å². The Morgan fingerprint density at radius 1 is 1.25 bits per heavy atom. The molecule has 0 fully saturated rings. The lowest BCUT2D eigenvalue weighted by molar-refractivity contribution is 0.203. The second-order valence-electron chi connectivity index (χ2n) is 4.18. The third-order valence-electron chi connectivity index (χ3n) is 3.45. The van der Waals surface area contributed by atoms with E-state index in [9.17, 15) is 0 Å². The molecule has 0 saturated heterocycles. The highest BCUT2D eigenvalue weighted by molar-refractivity contribution is 5.77. The van der Waals surface area contributed by atoms with Gasteiger partial charge >= 0.3 is 0 Å². The molecule has 0 atom stereocenters. The van der Waals surface area contributed by atoms with Gasteiger partial charge in [0, 0.05) is 20.2 Å². The van der Waals surface area contributed by atoms with Crippen LogP contribution in [0.1, 0.15) is 40.0 Å². The first-order valence-electron chi connectivity index (χ1n) is 6.16. The second-order valence-corrected chi connectivity index (χ2v) is 4.18. The maximum absolute atomic E-state index is 5.77. The SMILES string of the molecule is CCC(CC)(CC)CN=C(N)NCCOC. The molecule has 0 aliphatic heterocycles. The molecule has 0 spiro atoms. The van der Waals surface area contributed by atoms with E-state index in [0.717, 1.165) is 25.8 Å². The van der Waals surface area contributed by atoms with E-state index in [4.69, 9.17) is 10.5 Å². The molecular formula is C12H27N3O. The first kappa shape index (κ1) is 15.2. The van der Waals surface area contributed by atoms with Crippen molar-refractivity contribution in [2.75, 3.05) is 26.8 Å². The van der Waals surface area contributed by atoms with Gasteiger partial charge in [-0.1, -0.05) is 20.8 Å². The predicted octanol–water partition coefficient (Wildman–Crippen LogP) is 1.75. The number of guanidine groups is 1. The van der Waals surface area contributed by atoms with E-state index in [1.807, 2.05) is 0 Å². The van der Waals surface area contributed by atoms with Gasteiger partial charge in [-0.3, -0.25) is 4.99 Å². The number of ether oxygens (including phenoxy) is 1. The van der Waals surface area contributed by atoms with E-state index in [2.05, 4.69) is 31.1 Å². The summed E-state index contributed by atoms with van der Waals surface area (Å²) in [5, 5.41) is 3.03. The molecule has 0 heterocycles. The molecular weight excluding hydrogens is 202 g/mol. The summed E-state index contributed by atoms with van der Waals surface area (Å²) in [6.07, 6.45) is 3.44. The van der Waals surface area contributed by atoms with E-state index < -0.39 is 0 Å². The van der Waals surface area contributed by atoms with E-state index in [-0.39, 0.29) is 0 Å². The highest BCUT2D eigenvalue weighted by Crippen LogP contribution is 2.30. The number of nitrogens with one attached hydrogen (secondary N) is 1.